The number of benzene rings is 2. The van der Waals surface area contributed by atoms with Gasteiger partial charge in [0.2, 0.25) is 0 Å². The first kappa shape index (κ1) is 18.9. The summed E-state index contributed by atoms with van der Waals surface area (Å²) in [5.41, 5.74) is -0.895. The molecule has 3 rings (SSSR count). The lowest BCUT2D eigenvalue weighted by Gasteiger charge is -2.19. The average molecular weight is 387 g/mol. The van der Waals surface area contributed by atoms with Gasteiger partial charge in [-0.1, -0.05) is 60.7 Å². The minimum atomic E-state index is -2.88. The van der Waals surface area contributed by atoms with Crippen LogP contribution in [0.25, 0.3) is 0 Å². The molecule has 4 nitrogen and oxygen atoms in total. The van der Waals surface area contributed by atoms with Gasteiger partial charge in [-0.25, -0.2) is 4.79 Å². The van der Waals surface area contributed by atoms with Crippen molar-refractivity contribution in [3.8, 4) is 0 Å². The van der Waals surface area contributed by atoms with Crippen LogP contribution in [0.15, 0.2) is 65.7 Å². The zero-order valence-corrected chi connectivity index (χ0v) is 16.6. The Balaban J connectivity index is 1.96. The van der Waals surface area contributed by atoms with E-state index in [2.05, 4.69) is 4.99 Å². The Morgan fingerprint density at radius 3 is 2.15 bits per heavy atom. The van der Waals surface area contributed by atoms with Gasteiger partial charge in [0.05, 0.1) is 17.8 Å². The second kappa shape index (κ2) is 7.81. The van der Waals surface area contributed by atoms with Gasteiger partial charge in [0.25, 0.3) is 0 Å². The van der Waals surface area contributed by atoms with E-state index in [9.17, 15) is 9.36 Å². The summed E-state index contributed by atoms with van der Waals surface area (Å²) in [5, 5.41) is 2.36. The third-order valence-corrected chi connectivity index (χ3v) is 8.81. The zero-order chi connectivity index (χ0) is 18.6. The Hall–Kier alpha value is -1.84. The van der Waals surface area contributed by atoms with Crippen molar-refractivity contribution in [3.05, 3.63) is 60.7 Å². The first-order chi connectivity index (χ1) is 12.5. The van der Waals surface area contributed by atoms with E-state index in [0.29, 0.717) is 18.5 Å². The molecular weight excluding hydrogens is 365 g/mol. The summed E-state index contributed by atoms with van der Waals surface area (Å²) in [4.78, 5) is 16.8. The maximum absolute atomic E-state index is 14.1. The molecular formula is C20H22NO3PS. The van der Waals surface area contributed by atoms with Gasteiger partial charge in [0, 0.05) is 16.4 Å². The molecule has 0 fully saturated rings. The predicted molar refractivity (Wildman–Crippen MR) is 110 cm³/mol. The summed E-state index contributed by atoms with van der Waals surface area (Å²) in [6, 6.07) is 19.0. The van der Waals surface area contributed by atoms with Crippen molar-refractivity contribution < 1.29 is 14.1 Å². The summed E-state index contributed by atoms with van der Waals surface area (Å²) in [7, 11) is -2.88. The average Bonchev–Trinajstić information content (AvgIpc) is 3.05. The molecule has 1 heterocycles. The van der Waals surface area contributed by atoms with E-state index >= 15 is 0 Å². The van der Waals surface area contributed by atoms with Crippen molar-refractivity contribution in [3.63, 3.8) is 0 Å². The zero-order valence-electron chi connectivity index (χ0n) is 14.9. The van der Waals surface area contributed by atoms with Crippen LogP contribution in [-0.4, -0.2) is 35.1 Å². The lowest BCUT2D eigenvalue weighted by molar-refractivity contribution is -0.147. The van der Waals surface area contributed by atoms with Crippen LogP contribution in [0, 0.1) is 0 Å². The van der Waals surface area contributed by atoms with Crippen molar-refractivity contribution in [2.75, 3.05) is 18.5 Å². The van der Waals surface area contributed by atoms with E-state index in [1.54, 1.807) is 13.8 Å². The molecule has 0 saturated carbocycles. The van der Waals surface area contributed by atoms with Crippen molar-refractivity contribution in [2.45, 2.75) is 19.4 Å². The summed E-state index contributed by atoms with van der Waals surface area (Å²) < 4.78 is 19.2. The number of aliphatic imine (C=N–C) groups is 1. The van der Waals surface area contributed by atoms with Crippen molar-refractivity contribution in [2.24, 2.45) is 4.99 Å². The van der Waals surface area contributed by atoms with Crippen LogP contribution in [0.2, 0.25) is 0 Å². The molecule has 2 aromatic carbocycles. The largest absolute Gasteiger partial charge is 0.464 e. The Morgan fingerprint density at radius 1 is 1.12 bits per heavy atom. The minimum absolute atomic E-state index is 0.320. The van der Waals surface area contributed by atoms with Crippen molar-refractivity contribution >= 4 is 40.5 Å². The smallest absolute Gasteiger partial charge is 0.334 e. The fraction of sp³-hybridized carbons (Fsp3) is 0.300. The Kier molecular flexibility index (Phi) is 5.69. The molecule has 0 N–H and O–H groups in total. The summed E-state index contributed by atoms with van der Waals surface area (Å²) in [6.07, 6.45) is 0.320. The Bertz CT molecular complexity index is 810. The van der Waals surface area contributed by atoms with E-state index < -0.39 is 12.7 Å². The number of ether oxygens (including phenoxy) is 1. The Morgan fingerprint density at radius 2 is 1.65 bits per heavy atom. The number of hydrogen-bond acceptors (Lipinski definition) is 5. The molecule has 136 valence electrons. The van der Waals surface area contributed by atoms with Gasteiger partial charge >= 0.3 is 5.97 Å². The van der Waals surface area contributed by atoms with Crippen molar-refractivity contribution in [1.82, 2.24) is 0 Å². The highest BCUT2D eigenvalue weighted by Crippen LogP contribution is 2.46. The van der Waals surface area contributed by atoms with Gasteiger partial charge in [-0.15, -0.1) is 11.8 Å². The van der Waals surface area contributed by atoms with Gasteiger partial charge in [-0.2, -0.15) is 0 Å². The number of carbonyl (C=O) groups excluding carboxylic acids is 1. The molecule has 0 spiro atoms. The molecule has 1 aliphatic rings. The highest BCUT2D eigenvalue weighted by molar-refractivity contribution is 8.15. The van der Waals surface area contributed by atoms with Crippen LogP contribution in [-0.2, 0) is 14.1 Å². The van der Waals surface area contributed by atoms with Crippen molar-refractivity contribution in [1.29, 1.82) is 0 Å². The molecule has 0 amide bonds. The number of esters is 1. The van der Waals surface area contributed by atoms with Crippen LogP contribution in [0.4, 0.5) is 0 Å². The fourth-order valence-electron chi connectivity index (χ4n) is 2.90. The third kappa shape index (κ3) is 3.79. The highest BCUT2D eigenvalue weighted by Gasteiger charge is 2.41. The van der Waals surface area contributed by atoms with E-state index in [-0.39, 0.29) is 5.97 Å². The van der Waals surface area contributed by atoms with Crippen LogP contribution in [0.3, 0.4) is 0 Å². The molecule has 2 aromatic rings. The van der Waals surface area contributed by atoms with Gasteiger partial charge in [-0.3, -0.25) is 4.99 Å². The number of hydrogen-bond donors (Lipinski definition) is 0. The quantitative estimate of drug-likeness (QED) is 0.563. The van der Waals surface area contributed by atoms with Gasteiger partial charge in [-0.05, 0) is 13.8 Å². The second-order valence-corrected chi connectivity index (χ2v) is 10.2. The predicted octanol–water partition coefficient (Wildman–Crippen LogP) is 3.47. The minimum Gasteiger partial charge on any atom is -0.464 e. The van der Waals surface area contributed by atoms with Gasteiger partial charge < -0.3 is 9.30 Å². The summed E-state index contributed by atoms with van der Waals surface area (Å²) in [6.45, 7) is 3.89. The van der Waals surface area contributed by atoms with E-state index in [0.717, 1.165) is 15.7 Å². The molecule has 0 radical (unpaired) electrons. The molecule has 0 saturated heterocycles. The molecule has 1 aliphatic heterocycles. The number of carbonyl (C=O) groups is 1. The molecule has 6 heteroatoms. The molecule has 1 atom stereocenters. The number of thioether (sulfide) groups is 1. The number of rotatable bonds is 6. The first-order valence-corrected chi connectivity index (χ1v) is 11.4. The normalized spacial score (nSPS) is 19.8. The summed E-state index contributed by atoms with van der Waals surface area (Å²) >= 11 is 1.50. The highest BCUT2D eigenvalue weighted by atomic mass is 32.2. The molecule has 0 aromatic heterocycles. The lowest BCUT2D eigenvalue weighted by atomic mass is 10.1. The van der Waals surface area contributed by atoms with Gasteiger partial charge in [0.1, 0.15) is 7.14 Å². The lowest BCUT2D eigenvalue weighted by Crippen LogP contribution is -2.35. The fourth-order valence-corrected chi connectivity index (χ4v) is 7.12. The second-order valence-electron chi connectivity index (χ2n) is 6.36. The van der Waals surface area contributed by atoms with Gasteiger partial charge in [0.15, 0.2) is 5.54 Å². The standard InChI is InChI=1S/C20H22NO3PS/c1-3-24-19(22)20(2)15-26-18(21-20)14-25(23,16-10-6-4-7-11-16)17-12-8-5-9-13-17/h4-13H,3,14-15H2,1-2H3/t20-/m0/s1. The summed E-state index contributed by atoms with van der Waals surface area (Å²) in [5.74, 6) is 0.196. The van der Waals surface area contributed by atoms with Crippen LogP contribution in [0.1, 0.15) is 13.8 Å². The monoisotopic (exact) mass is 387 g/mol. The number of nitrogens with zero attached hydrogens (tertiary/aromatic N) is 1. The topological polar surface area (TPSA) is 55.7 Å². The van der Waals surface area contributed by atoms with E-state index in [1.165, 1.54) is 11.8 Å². The van der Waals surface area contributed by atoms with Crippen LogP contribution >= 0.6 is 18.9 Å². The molecule has 0 aliphatic carbocycles. The van der Waals surface area contributed by atoms with E-state index in [1.807, 2.05) is 60.7 Å². The maximum Gasteiger partial charge on any atom is 0.334 e. The first-order valence-electron chi connectivity index (χ1n) is 8.57. The molecule has 0 bridgehead atoms. The van der Waals surface area contributed by atoms with E-state index in [4.69, 9.17) is 4.74 Å². The third-order valence-electron chi connectivity index (χ3n) is 4.31. The molecule has 26 heavy (non-hydrogen) atoms. The van der Waals surface area contributed by atoms with Crippen LogP contribution < -0.4 is 10.6 Å². The molecule has 0 unspecified atom stereocenters. The van der Waals surface area contributed by atoms with Crippen LogP contribution in [0.5, 0.6) is 0 Å². The SMILES string of the molecule is CCOC(=O)[C@]1(C)CSC(CP(=O)(c2ccccc2)c2ccccc2)=N1. The maximum atomic E-state index is 14.1. The Labute approximate surface area is 158 Å².